The quantitative estimate of drug-likeness (QED) is 0.810. The number of nitrogens with two attached hydrogens (primary N) is 1. The Morgan fingerprint density at radius 2 is 1.95 bits per heavy atom. The number of rotatable bonds is 3. The number of fused-ring (bicyclic) bond motifs is 1. The van der Waals surface area contributed by atoms with E-state index in [2.05, 4.69) is 16.7 Å². The van der Waals surface area contributed by atoms with Crippen LogP contribution < -0.4 is 21.1 Å². The number of para-hydroxylation sites is 1. The molecular weight excluding hydrogens is 266 g/mol. The molecule has 3 rings (SSSR count). The van der Waals surface area contributed by atoms with Crippen molar-refractivity contribution < 1.29 is 9.53 Å². The van der Waals surface area contributed by atoms with Gasteiger partial charge < -0.3 is 21.1 Å². The Labute approximate surface area is 123 Å². The molecule has 1 aliphatic heterocycles. The predicted molar refractivity (Wildman–Crippen MR) is 82.6 cm³/mol. The summed E-state index contributed by atoms with van der Waals surface area (Å²) in [6.45, 7) is 0.688. The fraction of sp³-hybridized carbons (Fsp3) is 0.188. The molecule has 0 radical (unpaired) electrons. The molecule has 0 saturated heterocycles. The summed E-state index contributed by atoms with van der Waals surface area (Å²) in [5, 5.41) is 6.05. The van der Waals surface area contributed by atoms with Crippen LogP contribution in [0.1, 0.15) is 18.0 Å². The van der Waals surface area contributed by atoms with E-state index in [4.69, 9.17) is 10.5 Å². The van der Waals surface area contributed by atoms with Gasteiger partial charge in [-0.3, -0.25) is 0 Å². The number of carbonyl (C=O) groups is 1. The number of hydrogen-bond acceptors (Lipinski definition) is 3. The van der Waals surface area contributed by atoms with Crippen molar-refractivity contribution in [2.24, 2.45) is 5.73 Å². The summed E-state index contributed by atoms with van der Waals surface area (Å²) < 4.78 is 5.65. The smallest absolute Gasteiger partial charge is 0.316 e. The number of urea groups is 1. The predicted octanol–water partition coefficient (Wildman–Crippen LogP) is 3.11. The minimum Gasteiger partial charge on any atom is -0.493 e. The van der Waals surface area contributed by atoms with E-state index in [0.717, 1.165) is 23.4 Å². The van der Waals surface area contributed by atoms with Crippen molar-refractivity contribution in [3.63, 3.8) is 0 Å². The summed E-state index contributed by atoms with van der Waals surface area (Å²) in [7, 11) is 0. The van der Waals surface area contributed by atoms with Crippen LogP contribution in [-0.4, -0.2) is 12.6 Å². The molecule has 0 bridgehead atoms. The molecule has 1 atom stereocenters. The van der Waals surface area contributed by atoms with Crippen molar-refractivity contribution in [2.45, 2.75) is 12.5 Å². The molecule has 21 heavy (non-hydrogen) atoms. The van der Waals surface area contributed by atoms with Gasteiger partial charge in [-0.15, -0.1) is 0 Å². The largest absolute Gasteiger partial charge is 0.493 e. The molecule has 1 heterocycles. The maximum Gasteiger partial charge on any atom is 0.316 e. The number of amides is 2. The summed E-state index contributed by atoms with van der Waals surface area (Å²) in [5.74, 6) is 0.924. The minimum atomic E-state index is -0.566. The average Bonchev–Trinajstić information content (AvgIpc) is 2.47. The lowest BCUT2D eigenvalue weighted by Crippen LogP contribution is -2.21. The molecule has 2 amide bonds. The van der Waals surface area contributed by atoms with E-state index >= 15 is 0 Å². The Morgan fingerprint density at radius 1 is 1.14 bits per heavy atom. The van der Waals surface area contributed by atoms with Gasteiger partial charge in [0.05, 0.1) is 12.6 Å². The van der Waals surface area contributed by atoms with Crippen molar-refractivity contribution in [1.29, 1.82) is 0 Å². The highest BCUT2D eigenvalue weighted by Crippen LogP contribution is 2.34. The second-order valence-electron chi connectivity index (χ2n) is 4.94. The van der Waals surface area contributed by atoms with E-state index < -0.39 is 6.03 Å². The summed E-state index contributed by atoms with van der Waals surface area (Å²) in [4.78, 5) is 10.9. The Morgan fingerprint density at radius 3 is 2.81 bits per heavy atom. The summed E-state index contributed by atoms with van der Waals surface area (Å²) in [6.07, 6.45) is 0.893. The van der Waals surface area contributed by atoms with Crippen LogP contribution in [0.5, 0.6) is 5.75 Å². The second kappa shape index (κ2) is 5.75. The molecule has 0 fully saturated rings. The van der Waals surface area contributed by atoms with Gasteiger partial charge in [0.25, 0.3) is 0 Å². The first-order valence-corrected chi connectivity index (χ1v) is 6.87. The Kier molecular flexibility index (Phi) is 3.64. The summed E-state index contributed by atoms with van der Waals surface area (Å²) >= 11 is 0. The molecule has 0 aliphatic carbocycles. The summed E-state index contributed by atoms with van der Waals surface area (Å²) in [6, 6.07) is 15.2. The SMILES string of the molecule is NC(=O)Nc1cccc(NC2CCOc3ccccc32)c1. The molecule has 108 valence electrons. The fourth-order valence-corrected chi connectivity index (χ4v) is 2.52. The zero-order valence-corrected chi connectivity index (χ0v) is 11.5. The first-order chi connectivity index (χ1) is 10.2. The molecule has 1 aliphatic rings. The van der Waals surface area contributed by atoms with Gasteiger partial charge in [0.1, 0.15) is 5.75 Å². The van der Waals surface area contributed by atoms with Gasteiger partial charge >= 0.3 is 6.03 Å². The van der Waals surface area contributed by atoms with E-state index in [1.807, 2.05) is 36.4 Å². The molecule has 2 aromatic rings. The second-order valence-corrected chi connectivity index (χ2v) is 4.94. The Bertz CT molecular complexity index is 657. The third-order valence-corrected chi connectivity index (χ3v) is 3.43. The summed E-state index contributed by atoms with van der Waals surface area (Å²) in [5.41, 5.74) is 7.89. The van der Waals surface area contributed by atoms with Crippen molar-refractivity contribution in [3.8, 4) is 5.75 Å². The van der Waals surface area contributed by atoms with E-state index in [-0.39, 0.29) is 6.04 Å². The third-order valence-electron chi connectivity index (χ3n) is 3.43. The van der Waals surface area contributed by atoms with Crippen LogP contribution in [0.4, 0.5) is 16.2 Å². The van der Waals surface area contributed by atoms with Gasteiger partial charge in [-0.2, -0.15) is 0 Å². The highest BCUT2D eigenvalue weighted by molar-refractivity contribution is 5.88. The highest BCUT2D eigenvalue weighted by Gasteiger charge is 2.20. The Hall–Kier alpha value is -2.69. The van der Waals surface area contributed by atoms with E-state index in [1.54, 1.807) is 6.07 Å². The third kappa shape index (κ3) is 3.08. The number of anilines is 2. The van der Waals surface area contributed by atoms with Crippen LogP contribution >= 0.6 is 0 Å². The topological polar surface area (TPSA) is 76.4 Å². The Balaban J connectivity index is 1.80. The number of hydrogen-bond donors (Lipinski definition) is 3. The van der Waals surface area contributed by atoms with E-state index in [1.165, 1.54) is 0 Å². The number of ether oxygens (including phenoxy) is 1. The van der Waals surface area contributed by atoms with Crippen LogP contribution in [-0.2, 0) is 0 Å². The molecule has 4 N–H and O–H groups in total. The van der Waals surface area contributed by atoms with Crippen molar-refractivity contribution in [1.82, 2.24) is 0 Å². The number of primary amides is 1. The van der Waals surface area contributed by atoms with Gasteiger partial charge in [0.15, 0.2) is 0 Å². The maximum absolute atomic E-state index is 10.9. The standard InChI is InChI=1S/C16H17N3O2/c17-16(20)19-12-5-3-4-11(10-12)18-14-8-9-21-15-7-2-1-6-13(14)15/h1-7,10,14,18H,8-9H2,(H3,17,19,20). The van der Waals surface area contributed by atoms with Crippen LogP contribution in [0, 0.1) is 0 Å². The molecule has 0 saturated carbocycles. The van der Waals surface area contributed by atoms with Crippen LogP contribution in [0.3, 0.4) is 0 Å². The zero-order valence-electron chi connectivity index (χ0n) is 11.5. The molecular formula is C16H17N3O2. The fourth-order valence-electron chi connectivity index (χ4n) is 2.52. The van der Waals surface area contributed by atoms with Gasteiger partial charge in [0.2, 0.25) is 0 Å². The van der Waals surface area contributed by atoms with E-state index in [0.29, 0.717) is 12.3 Å². The van der Waals surface area contributed by atoms with Crippen molar-refractivity contribution in [2.75, 3.05) is 17.2 Å². The number of carbonyl (C=O) groups excluding carboxylic acids is 1. The molecule has 0 spiro atoms. The molecule has 1 unspecified atom stereocenters. The number of nitrogens with one attached hydrogen (secondary N) is 2. The van der Waals surface area contributed by atoms with Crippen LogP contribution in [0.25, 0.3) is 0 Å². The molecule has 0 aromatic heterocycles. The van der Waals surface area contributed by atoms with Gasteiger partial charge in [0, 0.05) is 23.4 Å². The average molecular weight is 283 g/mol. The number of benzene rings is 2. The van der Waals surface area contributed by atoms with E-state index in [9.17, 15) is 4.79 Å². The van der Waals surface area contributed by atoms with Crippen molar-refractivity contribution in [3.05, 3.63) is 54.1 Å². The lowest BCUT2D eigenvalue weighted by Gasteiger charge is -2.27. The highest BCUT2D eigenvalue weighted by atomic mass is 16.5. The lowest BCUT2D eigenvalue weighted by molar-refractivity contribution is 0.259. The molecule has 2 aromatic carbocycles. The zero-order chi connectivity index (χ0) is 14.7. The maximum atomic E-state index is 10.9. The van der Waals surface area contributed by atoms with Gasteiger partial charge in [-0.1, -0.05) is 24.3 Å². The first kappa shape index (κ1) is 13.3. The normalized spacial score (nSPS) is 16.5. The molecule has 5 heteroatoms. The van der Waals surface area contributed by atoms with Crippen LogP contribution in [0.2, 0.25) is 0 Å². The molecule has 5 nitrogen and oxygen atoms in total. The van der Waals surface area contributed by atoms with Gasteiger partial charge in [-0.05, 0) is 24.3 Å². The lowest BCUT2D eigenvalue weighted by atomic mass is 10.0. The van der Waals surface area contributed by atoms with Gasteiger partial charge in [-0.25, -0.2) is 4.79 Å². The monoisotopic (exact) mass is 283 g/mol. The first-order valence-electron chi connectivity index (χ1n) is 6.87. The van der Waals surface area contributed by atoms with Crippen LogP contribution in [0.15, 0.2) is 48.5 Å². The van der Waals surface area contributed by atoms with Crippen molar-refractivity contribution >= 4 is 17.4 Å². The minimum absolute atomic E-state index is 0.193.